The molecule has 0 saturated heterocycles. The first-order chi connectivity index (χ1) is 23.6. The Bertz CT molecular complexity index is 1950. The molecule has 2 heterocycles. The van der Waals surface area contributed by atoms with Crippen molar-refractivity contribution in [2.45, 2.75) is 31.3 Å². The van der Waals surface area contributed by atoms with Crippen molar-refractivity contribution < 1.29 is 9.59 Å². The second-order valence-electron chi connectivity index (χ2n) is 11.7. The van der Waals surface area contributed by atoms with Crippen LogP contribution in [0, 0.1) is 0 Å². The molecular formula is C39H35N7O2. The summed E-state index contributed by atoms with van der Waals surface area (Å²) in [4.78, 5) is 30.6. The van der Waals surface area contributed by atoms with Gasteiger partial charge in [-0.2, -0.15) is 0 Å². The van der Waals surface area contributed by atoms with Crippen LogP contribution < -0.4 is 10.6 Å². The SMILES string of the molecule is CCNC(=O)c1ccc(-n2nnc(C(=O)NC3CC3)c2C=Cc2nccn2C(c2ccccc2)(c2ccccc2)c2ccccc2)cc1. The molecule has 1 fully saturated rings. The maximum atomic E-state index is 13.4. The van der Waals surface area contributed by atoms with Gasteiger partial charge in [-0.15, -0.1) is 5.10 Å². The van der Waals surface area contributed by atoms with Gasteiger partial charge >= 0.3 is 0 Å². The first kappa shape index (κ1) is 30.6. The molecule has 2 amide bonds. The summed E-state index contributed by atoms with van der Waals surface area (Å²) in [5, 5.41) is 14.6. The van der Waals surface area contributed by atoms with E-state index in [1.807, 2.05) is 43.5 Å². The number of nitrogens with zero attached hydrogens (tertiary/aromatic N) is 5. The molecule has 4 aromatic carbocycles. The average molecular weight is 634 g/mol. The summed E-state index contributed by atoms with van der Waals surface area (Å²) in [6.45, 7) is 2.41. The van der Waals surface area contributed by atoms with Crippen LogP contribution in [0.1, 0.15) is 68.8 Å². The highest BCUT2D eigenvalue weighted by molar-refractivity contribution is 5.97. The van der Waals surface area contributed by atoms with Gasteiger partial charge in [0.05, 0.1) is 5.69 Å². The minimum Gasteiger partial charge on any atom is -0.352 e. The highest BCUT2D eigenvalue weighted by Crippen LogP contribution is 2.41. The van der Waals surface area contributed by atoms with Gasteiger partial charge in [0.1, 0.15) is 17.1 Å². The van der Waals surface area contributed by atoms with Crippen LogP contribution in [0.3, 0.4) is 0 Å². The summed E-state index contributed by atoms with van der Waals surface area (Å²) >= 11 is 0. The van der Waals surface area contributed by atoms with Crippen molar-refractivity contribution in [1.82, 2.24) is 35.2 Å². The maximum absolute atomic E-state index is 13.4. The maximum Gasteiger partial charge on any atom is 0.274 e. The number of rotatable bonds is 11. The molecule has 0 aliphatic heterocycles. The number of amides is 2. The van der Waals surface area contributed by atoms with Crippen LogP contribution in [0.15, 0.2) is 128 Å². The highest BCUT2D eigenvalue weighted by Gasteiger charge is 2.39. The van der Waals surface area contributed by atoms with E-state index >= 15 is 0 Å². The van der Waals surface area contributed by atoms with Gasteiger partial charge in [-0.05, 0) is 72.9 Å². The lowest BCUT2D eigenvalue weighted by Gasteiger charge is -2.38. The molecule has 1 aliphatic rings. The van der Waals surface area contributed by atoms with Gasteiger partial charge in [-0.3, -0.25) is 9.59 Å². The second kappa shape index (κ2) is 13.3. The Kier molecular flexibility index (Phi) is 8.49. The van der Waals surface area contributed by atoms with Gasteiger partial charge in [0.25, 0.3) is 11.8 Å². The molecule has 0 atom stereocenters. The Morgan fingerprint density at radius 3 is 1.92 bits per heavy atom. The van der Waals surface area contributed by atoms with E-state index in [4.69, 9.17) is 4.98 Å². The lowest BCUT2D eigenvalue weighted by molar-refractivity contribution is 0.0941. The topological polar surface area (TPSA) is 107 Å². The molecule has 9 heteroatoms. The molecule has 6 aromatic rings. The molecule has 48 heavy (non-hydrogen) atoms. The summed E-state index contributed by atoms with van der Waals surface area (Å²) in [6, 6.07) is 38.4. The zero-order valence-electron chi connectivity index (χ0n) is 26.5. The van der Waals surface area contributed by atoms with Crippen molar-refractivity contribution >= 4 is 24.0 Å². The van der Waals surface area contributed by atoms with Gasteiger partial charge in [0.15, 0.2) is 5.69 Å². The first-order valence-corrected chi connectivity index (χ1v) is 16.1. The number of carbonyl (C=O) groups excluding carboxylic acids is 2. The van der Waals surface area contributed by atoms with Gasteiger partial charge < -0.3 is 15.2 Å². The van der Waals surface area contributed by atoms with Crippen LogP contribution in [0.5, 0.6) is 0 Å². The van der Waals surface area contributed by atoms with Crippen LogP contribution in [0.4, 0.5) is 0 Å². The van der Waals surface area contributed by atoms with E-state index in [9.17, 15) is 9.59 Å². The molecule has 9 nitrogen and oxygen atoms in total. The first-order valence-electron chi connectivity index (χ1n) is 16.1. The molecule has 0 bridgehead atoms. The van der Waals surface area contributed by atoms with E-state index in [1.165, 1.54) is 0 Å². The number of carbonyl (C=O) groups is 2. The quantitative estimate of drug-likeness (QED) is 0.167. The van der Waals surface area contributed by atoms with Crippen molar-refractivity contribution in [2.75, 3.05) is 6.54 Å². The third-order valence-electron chi connectivity index (χ3n) is 8.54. The van der Waals surface area contributed by atoms with Crippen molar-refractivity contribution in [3.05, 3.63) is 167 Å². The molecule has 2 N–H and O–H groups in total. The molecule has 1 aliphatic carbocycles. The van der Waals surface area contributed by atoms with Crippen molar-refractivity contribution in [3.8, 4) is 5.69 Å². The molecule has 2 aromatic heterocycles. The Labute approximate surface area is 279 Å². The smallest absolute Gasteiger partial charge is 0.274 e. The Hall–Kier alpha value is -6.09. The Morgan fingerprint density at radius 2 is 1.38 bits per heavy atom. The lowest BCUT2D eigenvalue weighted by atomic mass is 9.76. The highest BCUT2D eigenvalue weighted by atomic mass is 16.2. The van der Waals surface area contributed by atoms with Gasteiger partial charge in [0.2, 0.25) is 0 Å². The van der Waals surface area contributed by atoms with Crippen LogP contribution in [0.2, 0.25) is 0 Å². The summed E-state index contributed by atoms with van der Waals surface area (Å²) < 4.78 is 3.79. The number of aromatic nitrogens is 5. The Balaban J connectivity index is 1.37. The van der Waals surface area contributed by atoms with E-state index in [0.717, 1.165) is 29.5 Å². The van der Waals surface area contributed by atoms with E-state index in [1.54, 1.807) is 35.1 Å². The van der Waals surface area contributed by atoms with Gasteiger partial charge in [-0.1, -0.05) is 96.2 Å². The third kappa shape index (κ3) is 5.82. The largest absolute Gasteiger partial charge is 0.352 e. The normalized spacial score (nSPS) is 13.0. The average Bonchev–Trinajstić information content (AvgIpc) is 3.65. The predicted molar refractivity (Wildman–Crippen MR) is 186 cm³/mol. The number of nitrogens with one attached hydrogen (secondary N) is 2. The summed E-state index contributed by atoms with van der Waals surface area (Å²) in [7, 11) is 0. The zero-order valence-corrected chi connectivity index (χ0v) is 26.5. The van der Waals surface area contributed by atoms with Gasteiger partial charge in [-0.25, -0.2) is 9.67 Å². The minimum absolute atomic E-state index is 0.151. The number of imidazole rings is 1. The summed E-state index contributed by atoms with van der Waals surface area (Å²) in [5.41, 5.74) is 4.35. The lowest BCUT2D eigenvalue weighted by Crippen LogP contribution is -2.38. The molecule has 0 radical (unpaired) electrons. The van der Waals surface area contributed by atoms with Crippen molar-refractivity contribution in [3.63, 3.8) is 0 Å². The molecule has 238 valence electrons. The van der Waals surface area contributed by atoms with Crippen molar-refractivity contribution in [2.24, 2.45) is 0 Å². The predicted octanol–water partition coefficient (Wildman–Crippen LogP) is 6.12. The fourth-order valence-corrected chi connectivity index (χ4v) is 6.12. The fourth-order valence-electron chi connectivity index (χ4n) is 6.12. The van der Waals surface area contributed by atoms with Gasteiger partial charge in [0, 0.05) is 30.5 Å². The molecule has 0 unspecified atom stereocenters. The van der Waals surface area contributed by atoms with E-state index < -0.39 is 5.54 Å². The Morgan fingerprint density at radius 1 is 0.792 bits per heavy atom. The monoisotopic (exact) mass is 633 g/mol. The van der Waals surface area contributed by atoms with Crippen molar-refractivity contribution in [1.29, 1.82) is 0 Å². The number of benzene rings is 4. The van der Waals surface area contributed by atoms with Crippen LogP contribution >= 0.6 is 0 Å². The molecule has 1 saturated carbocycles. The van der Waals surface area contributed by atoms with E-state index in [2.05, 4.69) is 98.3 Å². The van der Waals surface area contributed by atoms with E-state index in [0.29, 0.717) is 29.3 Å². The van der Waals surface area contributed by atoms with Crippen LogP contribution in [-0.2, 0) is 5.54 Å². The minimum atomic E-state index is -0.764. The third-order valence-corrected chi connectivity index (χ3v) is 8.54. The van der Waals surface area contributed by atoms with Crippen LogP contribution in [-0.4, -0.2) is 48.9 Å². The second-order valence-corrected chi connectivity index (χ2v) is 11.7. The zero-order chi connectivity index (χ0) is 32.9. The molecule has 0 spiro atoms. The number of hydrogen-bond donors (Lipinski definition) is 2. The fraction of sp³-hybridized carbons (Fsp3) is 0.154. The summed E-state index contributed by atoms with van der Waals surface area (Å²) in [6.07, 6.45) is 9.41. The standard InChI is InChI=1S/C39H35N7O2/c1-2-40-37(47)28-18-22-33(23-19-28)46-34(36(43-44-46)38(48)42-32-20-21-32)24-25-35-41-26-27-45(35)39(29-12-6-3-7-13-29,30-14-8-4-9-15-30)31-16-10-5-11-17-31/h3-19,22-27,32H,2,20-21H2,1H3,(H,40,47)(H,42,48). The van der Waals surface area contributed by atoms with Crippen LogP contribution in [0.25, 0.3) is 17.8 Å². The summed E-state index contributed by atoms with van der Waals surface area (Å²) in [5.74, 6) is 0.232. The number of hydrogen-bond acceptors (Lipinski definition) is 5. The van der Waals surface area contributed by atoms with E-state index in [-0.39, 0.29) is 23.6 Å². The molecular weight excluding hydrogens is 598 g/mol. The molecule has 7 rings (SSSR count).